The molecule has 0 N–H and O–H groups in total. The van der Waals surface area contributed by atoms with Crippen molar-refractivity contribution in [3.63, 3.8) is 0 Å². The molecule has 1 saturated heterocycles. The van der Waals surface area contributed by atoms with Gasteiger partial charge in [0, 0.05) is 44.1 Å². The van der Waals surface area contributed by atoms with Crippen LogP contribution in [0, 0.1) is 6.92 Å². The number of aromatic nitrogens is 1. The zero-order valence-corrected chi connectivity index (χ0v) is 15.7. The molecule has 1 aromatic carbocycles. The highest BCUT2D eigenvalue weighted by atomic mass is 32.1. The molecule has 4 nitrogen and oxygen atoms in total. The van der Waals surface area contributed by atoms with Gasteiger partial charge >= 0.3 is 0 Å². The summed E-state index contributed by atoms with van der Waals surface area (Å²) >= 11 is 4.90. The van der Waals surface area contributed by atoms with E-state index >= 15 is 0 Å². The van der Waals surface area contributed by atoms with Crippen molar-refractivity contribution < 1.29 is 4.79 Å². The molecule has 25 heavy (non-hydrogen) atoms. The maximum atomic E-state index is 13.4. The van der Waals surface area contributed by atoms with Crippen LogP contribution in [0.5, 0.6) is 0 Å². The van der Waals surface area contributed by atoms with Gasteiger partial charge < -0.3 is 4.90 Å². The van der Waals surface area contributed by atoms with E-state index in [1.807, 2.05) is 43.3 Å². The standard InChI is InChI=1S/C20H25N3OS/c1-15-5-3-4-6-17(15)19(24)18(16-7-9-21-10-8-16)20(25)23-13-11-22(2)12-14-23/h3-10,18,20,25H,11-14H2,1-2H3. The lowest BCUT2D eigenvalue weighted by Crippen LogP contribution is -2.50. The van der Waals surface area contributed by atoms with Gasteiger partial charge in [-0.05, 0) is 37.2 Å². The smallest absolute Gasteiger partial charge is 0.173 e. The van der Waals surface area contributed by atoms with Gasteiger partial charge in [-0.25, -0.2) is 0 Å². The summed E-state index contributed by atoms with van der Waals surface area (Å²) < 4.78 is 0. The maximum Gasteiger partial charge on any atom is 0.173 e. The summed E-state index contributed by atoms with van der Waals surface area (Å²) in [5.41, 5.74) is 2.75. The normalized spacial score (nSPS) is 18.7. The Morgan fingerprint density at radius 1 is 1.08 bits per heavy atom. The van der Waals surface area contributed by atoms with Gasteiger partial charge in [-0.3, -0.25) is 14.7 Å². The first kappa shape index (κ1) is 18.1. The van der Waals surface area contributed by atoms with Gasteiger partial charge in [0.15, 0.2) is 5.78 Å². The molecule has 2 aromatic rings. The van der Waals surface area contributed by atoms with Gasteiger partial charge in [0.25, 0.3) is 0 Å². The third-order valence-electron chi connectivity index (χ3n) is 4.97. The maximum absolute atomic E-state index is 13.4. The fourth-order valence-electron chi connectivity index (χ4n) is 3.34. The quantitative estimate of drug-likeness (QED) is 0.661. The summed E-state index contributed by atoms with van der Waals surface area (Å²) in [4.78, 5) is 22.1. The summed E-state index contributed by atoms with van der Waals surface area (Å²) in [6.07, 6.45) is 3.50. The summed E-state index contributed by atoms with van der Waals surface area (Å²) in [5, 5.41) is -0.150. The van der Waals surface area contributed by atoms with Crippen molar-refractivity contribution in [3.05, 3.63) is 65.5 Å². The van der Waals surface area contributed by atoms with Gasteiger partial charge in [0.2, 0.25) is 0 Å². The second-order valence-corrected chi connectivity index (χ2v) is 7.22. The highest BCUT2D eigenvalue weighted by molar-refractivity contribution is 7.81. The predicted molar refractivity (Wildman–Crippen MR) is 104 cm³/mol. The molecule has 3 rings (SSSR count). The SMILES string of the molecule is Cc1ccccc1C(=O)C(c1ccncc1)C(S)N1CCN(C)CC1. The molecule has 132 valence electrons. The van der Waals surface area contributed by atoms with Crippen molar-refractivity contribution in [2.24, 2.45) is 0 Å². The van der Waals surface area contributed by atoms with Crippen LogP contribution < -0.4 is 0 Å². The van der Waals surface area contributed by atoms with Crippen LogP contribution in [0.25, 0.3) is 0 Å². The average Bonchev–Trinajstić information content (AvgIpc) is 2.63. The first-order valence-corrected chi connectivity index (χ1v) is 9.20. The fourth-order valence-corrected chi connectivity index (χ4v) is 3.88. The summed E-state index contributed by atoms with van der Waals surface area (Å²) in [6.45, 7) is 5.83. The Balaban J connectivity index is 1.93. The van der Waals surface area contributed by atoms with Crippen LogP contribution in [0.15, 0.2) is 48.8 Å². The number of ketones is 1. The number of benzene rings is 1. The Morgan fingerprint density at radius 2 is 1.72 bits per heavy atom. The molecule has 0 saturated carbocycles. The first-order valence-electron chi connectivity index (χ1n) is 8.68. The lowest BCUT2D eigenvalue weighted by atomic mass is 9.88. The zero-order chi connectivity index (χ0) is 17.8. The van der Waals surface area contributed by atoms with Crippen LogP contribution in [0.1, 0.15) is 27.4 Å². The molecule has 1 fully saturated rings. The summed E-state index contributed by atoms with van der Waals surface area (Å²) in [6, 6.07) is 11.6. The largest absolute Gasteiger partial charge is 0.304 e. The minimum Gasteiger partial charge on any atom is -0.304 e. The number of carbonyl (C=O) groups is 1. The van der Waals surface area contributed by atoms with Crippen molar-refractivity contribution in [1.82, 2.24) is 14.8 Å². The Bertz CT molecular complexity index is 714. The third-order valence-corrected chi connectivity index (χ3v) is 5.59. The summed E-state index contributed by atoms with van der Waals surface area (Å²) in [7, 11) is 2.13. The number of piperazine rings is 1. The number of pyridine rings is 1. The van der Waals surface area contributed by atoms with E-state index in [4.69, 9.17) is 12.6 Å². The number of aryl methyl sites for hydroxylation is 1. The zero-order valence-electron chi connectivity index (χ0n) is 14.8. The number of rotatable bonds is 5. The van der Waals surface area contributed by atoms with Crippen LogP contribution in [0.2, 0.25) is 0 Å². The van der Waals surface area contributed by atoms with E-state index in [2.05, 4.69) is 21.8 Å². The highest BCUT2D eigenvalue weighted by Crippen LogP contribution is 2.31. The molecule has 1 aliphatic heterocycles. The molecule has 2 unspecified atom stereocenters. The van der Waals surface area contributed by atoms with E-state index in [1.165, 1.54) is 0 Å². The molecular formula is C20H25N3OS. The molecule has 0 amide bonds. The number of nitrogens with zero attached hydrogens (tertiary/aromatic N) is 3. The topological polar surface area (TPSA) is 36.4 Å². The lowest BCUT2D eigenvalue weighted by molar-refractivity contribution is 0.0877. The van der Waals surface area contributed by atoms with E-state index in [0.29, 0.717) is 0 Å². The van der Waals surface area contributed by atoms with Crippen LogP contribution in [-0.2, 0) is 0 Å². The van der Waals surface area contributed by atoms with E-state index in [1.54, 1.807) is 12.4 Å². The number of hydrogen-bond donors (Lipinski definition) is 1. The lowest BCUT2D eigenvalue weighted by Gasteiger charge is -2.39. The van der Waals surface area contributed by atoms with E-state index in [0.717, 1.165) is 42.9 Å². The van der Waals surface area contributed by atoms with E-state index < -0.39 is 0 Å². The highest BCUT2D eigenvalue weighted by Gasteiger charge is 2.34. The third kappa shape index (κ3) is 4.11. The van der Waals surface area contributed by atoms with Gasteiger partial charge in [-0.2, -0.15) is 12.6 Å². The van der Waals surface area contributed by atoms with Gasteiger partial charge in [0.05, 0.1) is 11.3 Å². The van der Waals surface area contributed by atoms with Crippen LogP contribution >= 0.6 is 12.6 Å². The molecule has 2 atom stereocenters. The Morgan fingerprint density at radius 3 is 2.36 bits per heavy atom. The Labute approximate surface area is 155 Å². The molecule has 0 spiro atoms. The van der Waals surface area contributed by atoms with Gasteiger partial charge in [0.1, 0.15) is 0 Å². The minimum atomic E-state index is -0.309. The molecular weight excluding hydrogens is 330 g/mol. The molecule has 1 aromatic heterocycles. The molecule has 5 heteroatoms. The van der Waals surface area contributed by atoms with E-state index in [9.17, 15) is 4.79 Å². The molecule has 0 radical (unpaired) electrons. The number of thiol groups is 1. The predicted octanol–water partition coefficient (Wildman–Crippen LogP) is 2.86. The molecule has 0 bridgehead atoms. The minimum absolute atomic E-state index is 0.128. The first-order chi connectivity index (χ1) is 12.1. The average molecular weight is 356 g/mol. The van der Waals surface area contributed by atoms with Crippen molar-refractivity contribution in [2.45, 2.75) is 18.2 Å². The van der Waals surface area contributed by atoms with Gasteiger partial charge in [-0.15, -0.1) is 0 Å². The number of carbonyl (C=O) groups excluding carboxylic acids is 1. The van der Waals surface area contributed by atoms with E-state index in [-0.39, 0.29) is 17.1 Å². The summed E-state index contributed by atoms with van der Waals surface area (Å²) in [5.74, 6) is -0.181. The Kier molecular flexibility index (Phi) is 5.89. The molecule has 0 aliphatic carbocycles. The second-order valence-electron chi connectivity index (χ2n) is 6.69. The van der Waals surface area contributed by atoms with Crippen molar-refractivity contribution >= 4 is 18.4 Å². The van der Waals surface area contributed by atoms with Crippen LogP contribution in [0.3, 0.4) is 0 Å². The van der Waals surface area contributed by atoms with Crippen LogP contribution in [-0.4, -0.2) is 59.2 Å². The number of Topliss-reactive ketones (excluding diaryl/α,β-unsaturated/α-hetero) is 1. The van der Waals surface area contributed by atoms with Crippen molar-refractivity contribution in [2.75, 3.05) is 33.2 Å². The van der Waals surface area contributed by atoms with Crippen molar-refractivity contribution in [1.29, 1.82) is 0 Å². The monoisotopic (exact) mass is 355 g/mol. The number of hydrogen-bond acceptors (Lipinski definition) is 5. The Hall–Kier alpha value is -1.69. The molecule has 1 aliphatic rings. The molecule has 2 heterocycles. The fraction of sp³-hybridized carbons (Fsp3) is 0.400. The van der Waals surface area contributed by atoms with Gasteiger partial charge in [-0.1, -0.05) is 24.3 Å². The van der Waals surface area contributed by atoms with Crippen molar-refractivity contribution in [3.8, 4) is 0 Å². The van der Waals surface area contributed by atoms with Crippen LogP contribution in [0.4, 0.5) is 0 Å². The second kappa shape index (κ2) is 8.13. The number of likely N-dealkylation sites (N-methyl/N-ethyl adjacent to an activating group) is 1.